The zero-order chi connectivity index (χ0) is 25.4. The van der Waals surface area contributed by atoms with Crippen molar-refractivity contribution < 1.29 is 4.42 Å². The topological polar surface area (TPSA) is 38.9 Å². The third kappa shape index (κ3) is 2.90. The third-order valence-electron chi connectivity index (χ3n) is 8.13. The van der Waals surface area contributed by atoms with E-state index in [0.29, 0.717) is 0 Å². The van der Waals surface area contributed by atoms with E-state index in [1.807, 2.05) is 24.4 Å². The highest BCUT2D eigenvalue weighted by Crippen LogP contribution is 2.47. The van der Waals surface area contributed by atoms with Crippen LogP contribution in [0.25, 0.3) is 66.5 Å². The Morgan fingerprint density at radius 1 is 0.632 bits per heavy atom. The zero-order valence-electron chi connectivity index (χ0n) is 21.2. The monoisotopic (exact) mass is 488 g/mol. The second kappa shape index (κ2) is 7.62. The molecule has 180 valence electrons. The molecule has 4 aromatic carbocycles. The molecule has 1 aliphatic carbocycles. The fourth-order valence-corrected chi connectivity index (χ4v) is 6.17. The van der Waals surface area contributed by atoms with Gasteiger partial charge in [-0.15, -0.1) is 0 Å². The van der Waals surface area contributed by atoms with Gasteiger partial charge < -0.3 is 4.42 Å². The highest BCUT2D eigenvalue weighted by Gasteiger charge is 2.37. The first-order chi connectivity index (χ1) is 18.6. The number of hydrogen-bond donors (Lipinski definition) is 0. The summed E-state index contributed by atoms with van der Waals surface area (Å²) < 4.78 is 6.44. The molecule has 8 rings (SSSR count). The molecule has 0 N–H and O–H groups in total. The smallest absolute Gasteiger partial charge is 0.143 e. The quantitative estimate of drug-likeness (QED) is 0.243. The summed E-state index contributed by atoms with van der Waals surface area (Å²) in [4.78, 5) is 9.80. The van der Waals surface area contributed by atoms with Crippen molar-refractivity contribution >= 4 is 32.7 Å². The van der Waals surface area contributed by atoms with Crippen LogP contribution in [-0.4, -0.2) is 9.97 Å². The van der Waals surface area contributed by atoms with E-state index in [1.165, 1.54) is 21.9 Å². The molecule has 3 nitrogen and oxygen atoms in total. The maximum Gasteiger partial charge on any atom is 0.143 e. The minimum Gasteiger partial charge on any atom is -0.455 e. The summed E-state index contributed by atoms with van der Waals surface area (Å²) in [6.45, 7) is 4.50. The summed E-state index contributed by atoms with van der Waals surface area (Å²) in [6, 6.07) is 36.3. The normalized spacial score (nSPS) is 13.7. The van der Waals surface area contributed by atoms with Crippen LogP contribution < -0.4 is 0 Å². The molecule has 0 fully saturated rings. The van der Waals surface area contributed by atoms with Crippen LogP contribution in [0.5, 0.6) is 0 Å². The lowest BCUT2D eigenvalue weighted by atomic mass is 9.83. The van der Waals surface area contributed by atoms with Gasteiger partial charge in [-0.25, -0.2) is 4.98 Å². The van der Waals surface area contributed by atoms with E-state index in [2.05, 4.69) is 104 Å². The molecule has 3 heterocycles. The molecule has 0 saturated carbocycles. The lowest BCUT2D eigenvalue weighted by molar-refractivity contribution is 0.658. The van der Waals surface area contributed by atoms with Gasteiger partial charge in [0.05, 0.1) is 17.1 Å². The molecule has 0 aliphatic heterocycles. The lowest BCUT2D eigenvalue weighted by Gasteiger charge is -2.20. The largest absolute Gasteiger partial charge is 0.455 e. The maximum absolute atomic E-state index is 6.44. The number of rotatable bonds is 2. The van der Waals surface area contributed by atoms with Crippen LogP contribution in [0.4, 0.5) is 0 Å². The summed E-state index contributed by atoms with van der Waals surface area (Å²) in [5, 5.41) is 4.68. The number of fused-ring (bicyclic) bond motifs is 7. The minimum atomic E-state index is -0.0966. The molecule has 0 saturated heterocycles. The number of benzene rings is 4. The fourth-order valence-electron chi connectivity index (χ4n) is 6.17. The van der Waals surface area contributed by atoms with Crippen LogP contribution >= 0.6 is 0 Å². The summed E-state index contributed by atoms with van der Waals surface area (Å²) in [5.41, 5.74) is 10.5. The Morgan fingerprint density at radius 2 is 1.37 bits per heavy atom. The van der Waals surface area contributed by atoms with Crippen LogP contribution in [-0.2, 0) is 5.41 Å². The molecule has 0 amide bonds. The number of hydrogen-bond acceptors (Lipinski definition) is 3. The first-order valence-electron chi connectivity index (χ1n) is 13.0. The Morgan fingerprint density at radius 3 is 2.24 bits per heavy atom. The van der Waals surface area contributed by atoms with Crippen LogP contribution in [0.1, 0.15) is 25.0 Å². The standard InChI is InChI=1S/C35H24N2O/c1-35(2)27-11-7-19-36-32(27)33-28(35)17-18-29(37-33)21-13-15-22(16-14-21)31-24-9-4-3-8-23(24)20-26-25-10-5-6-12-30(25)38-34(26)31/h3-20H,1-2H3. The van der Waals surface area contributed by atoms with E-state index in [-0.39, 0.29) is 5.41 Å². The molecule has 0 unspecified atom stereocenters. The summed E-state index contributed by atoms with van der Waals surface area (Å²) in [6.07, 6.45) is 1.86. The van der Waals surface area contributed by atoms with Crippen LogP contribution in [0.3, 0.4) is 0 Å². The van der Waals surface area contributed by atoms with Crippen LogP contribution in [0.15, 0.2) is 114 Å². The number of pyridine rings is 2. The first-order valence-corrected chi connectivity index (χ1v) is 13.0. The first kappa shape index (κ1) is 21.3. The number of furan rings is 1. The molecule has 38 heavy (non-hydrogen) atoms. The predicted octanol–water partition coefficient (Wildman–Crippen LogP) is 9.17. The molecule has 0 atom stereocenters. The van der Waals surface area contributed by atoms with Gasteiger partial charge in [0.25, 0.3) is 0 Å². The van der Waals surface area contributed by atoms with Crippen LogP contribution in [0.2, 0.25) is 0 Å². The van der Waals surface area contributed by atoms with E-state index >= 15 is 0 Å². The Balaban J connectivity index is 1.29. The zero-order valence-corrected chi connectivity index (χ0v) is 21.2. The van der Waals surface area contributed by atoms with E-state index in [9.17, 15) is 0 Å². The molecule has 0 radical (unpaired) electrons. The number of nitrogens with zero attached hydrogens (tertiary/aromatic N) is 2. The maximum atomic E-state index is 6.44. The summed E-state index contributed by atoms with van der Waals surface area (Å²) in [5.74, 6) is 0. The van der Waals surface area contributed by atoms with Crippen LogP contribution in [0, 0.1) is 0 Å². The van der Waals surface area contributed by atoms with Crippen molar-refractivity contribution in [3.63, 3.8) is 0 Å². The Kier molecular flexibility index (Phi) is 4.28. The average molecular weight is 489 g/mol. The number of para-hydroxylation sites is 1. The van der Waals surface area contributed by atoms with Gasteiger partial charge in [0.15, 0.2) is 0 Å². The minimum absolute atomic E-state index is 0.0966. The Bertz CT molecular complexity index is 2050. The van der Waals surface area contributed by atoms with E-state index in [4.69, 9.17) is 9.40 Å². The average Bonchev–Trinajstić information content (AvgIpc) is 3.44. The molecule has 3 aromatic heterocycles. The van der Waals surface area contributed by atoms with Gasteiger partial charge in [0.1, 0.15) is 11.2 Å². The van der Waals surface area contributed by atoms with Crippen molar-refractivity contribution in [1.29, 1.82) is 0 Å². The number of aromatic nitrogens is 2. The highest BCUT2D eigenvalue weighted by molar-refractivity contribution is 6.18. The second-order valence-electron chi connectivity index (χ2n) is 10.6. The van der Waals surface area contributed by atoms with Crippen molar-refractivity contribution in [3.8, 4) is 33.8 Å². The van der Waals surface area contributed by atoms with Gasteiger partial charge in [-0.1, -0.05) is 92.7 Å². The van der Waals surface area contributed by atoms with Crippen molar-refractivity contribution in [1.82, 2.24) is 9.97 Å². The van der Waals surface area contributed by atoms with E-state index in [1.54, 1.807) is 0 Å². The van der Waals surface area contributed by atoms with Crippen molar-refractivity contribution in [2.75, 3.05) is 0 Å². The van der Waals surface area contributed by atoms with Gasteiger partial charge in [-0.3, -0.25) is 4.98 Å². The molecule has 0 spiro atoms. The Labute approximate surface area is 220 Å². The molecule has 1 aliphatic rings. The van der Waals surface area contributed by atoms with Gasteiger partial charge in [-0.2, -0.15) is 0 Å². The SMILES string of the molecule is CC1(C)c2cccnc2-c2nc(-c3ccc(-c4c5ccccc5cc5c4oc4ccccc45)cc3)ccc21. The molecule has 0 bridgehead atoms. The van der Waals surface area contributed by atoms with Gasteiger partial charge in [0.2, 0.25) is 0 Å². The molecule has 3 heteroatoms. The highest BCUT2D eigenvalue weighted by atomic mass is 16.3. The summed E-state index contributed by atoms with van der Waals surface area (Å²) >= 11 is 0. The summed E-state index contributed by atoms with van der Waals surface area (Å²) in [7, 11) is 0. The van der Waals surface area contributed by atoms with Gasteiger partial charge >= 0.3 is 0 Å². The van der Waals surface area contributed by atoms with Gasteiger partial charge in [-0.05, 0) is 51.7 Å². The van der Waals surface area contributed by atoms with E-state index < -0.39 is 0 Å². The van der Waals surface area contributed by atoms with Crippen molar-refractivity contribution in [2.24, 2.45) is 0 Å². The lowest BCUT2D eigenvalue weighted by Crippen LogP contribution is -2.15. The second-order valence-corrected chi connectivity index (χ2v) is 10.6. The van der Waals surface area contributed by atoms with Gasteiger partial charge in [0, 0.05) is 33.5 Å². The van der Waals surface area contributed by atoms with E-state index in [0.717, 1.165) is 55.7 Å². The molecule has 7 aromatic rings. The predicted molar refractivity (Wildman–Crippen MR) is 155 cm³/mol. The molecular formula is C35H24N2O. The van der Waals surface area contributed by atoms with Crippen molar-refractivity contribution in [2.45, 2.75) is 19.3 Å². The van der Waals surface area contributed by atoms with Crippen molar-refractivity contribution in [3.05, 3.63) is 120 Å². The molecular weight excluding hydrogens is 464 g/mol. The Hall–Kier alpha value is -4.76. The fraction of sp³-hybridized carbons (Fsp3) is 0.0857. The third-order valence-corrected chi connectivity index (χ3v) is 8.13.